The quantitative estimate of drug-likeness (QED) is 0.494. The first kappa shape index (κ1) is 25.8. The number of hydrogen-bond acceptors (Lipinski definition) is 8. The number of amides is 1. The van der Waals surface area contributed by atoms with Crippen LogP contribution in [0.25, 0.3) is 11.6 Å². The summed E-state index contributed by atoms with van der Waals surface area (Å²) in [5.41, 5.74) is 2.83. The second kappa shape index (κ2) is 11.6. The Bertz CT molecular complexity index is 1150. The largest absolute Gasteiger partial charge is 0.497 e. The predicted molar refractivity (Wildman–Crippen MR) is 144 cm³/mol. The van der Waals surface area contributed by atoms with Crippen LogP contribution in [0.3, 0.4) is 0 Å². The van der Waals surface area contributed by atoms with E-state index in [1.54, 1.807) is 20.3 Å². The molecule has 0 atom stereocenters. The Morgan fingerprint density at radius 1 is 1.25 bits per heavy atom. The SMILES string of the molecule is C=CC(=O)NC1CCN(CCN2CC(c3cc(OC)cc(OC)c3Cl)=Cc3cnc(NC)nc32)CC1. The van der Waals surface area contributed by atoms with Crippen LogP contribution in [0.2, 0.25) is 5.02 Å². The van der Waals surface area contributed by atoms with Crippen LogP contribution in [-0.2, 0) is 4.79 Å². The third-order valence-electron chi connectivity index (χ3n) is 6.63. The van der Waals surface area contributed by atoms with E-state index < -0.39 is 0 Å². The molecule has 1 fully saturated rings. The van der Waals surface area contributed by atoms with Crippen LogP contribution in [0.5, 0.6) is 11.5 Å². The van der Waals surface area contributed by atoms with Crippen LogP contribution in [0.15, 0.2) is 31.0 Å². The molecule has 192 valence electrons. The summed E-state index contributed by atoms with van der Waals surface area (Å²) in [5.74, 6) is 2.60. The molecule has 0 saturated carbocycles. The number of halogens is 1. The Kier molecular flexibility index (Phi) is 8.32. The van der Waals surface area contributed by atoms with Crippen molar-refractivity contribution in [2.24, 2.45) is 0 Å². The van der Waals surface area contributed by atoms with E-state index >= 15 is 0 Å². The summed E-state index contributed by atoms with van der Waals surface area (Å²) in [4.78, 5) is 25.5. The summed E-state index contributed by atoms with van der Waals surface area (Å²) in [6, 6.07) is 3.92. The van der Waals surface area contributed by atoms with Crippen molar-refractivity contribution in [3.8, 4) is 11.5 Å². The smallest absolute Gasteiger partial charge is 0.243 e. The molecule has 0 unspecified atom stereocenters. The number of piperidine rings is 1. The highest BCUT2D eigenvalue weighted by Gasteiger charge is 2.26. The van der Waals surface area contributed by atoms with Crippen LogP contribution >= 0.6 is 11.6 Å². The number of nitrogens with zero attached hydrogens (tertiary/aromatic N) is 4. The van der Waals surface area contributed by atoms with Gasteiger partial charge in [0.25, 0.3) is 0 Å². The topological polar surface area (TPSA) is 91.9 Å². The molecule has 0 radical (unpaired) electrons. The van der Waals surface area contributed by atoms with Crippen molar-refractivity contribution in [2.75, 3.05) is 64.2 Å². The molecular weight excluding hydrogens is 480 g/mol. The van der Waals surface area contributed by atoms with E-state index in [4.69, 9.17) is 26.1 Å². The normalized spacial score (nSPS) is 16.1. The average molecular weight is 513 g/mol. The number of methoxy groups -OCH3 is 2. The zero-order valence-electron chi connectivity index (χ0n) is 21.0. The van der Waals surface area contributed by atoms with Gasteiger partial charge in [-0.2, -0.15) is 4.98 Å². The first-order chi connectivity index (χ1) is 17.4. The highest BCUT2D eigenvalue weighted by Crippen LogP contribution is 2.40. The van der Waals surface area contributed by atoms with Gasteiger partial charge in [0.2, 0.25) is 11.9 Å². The number of carbonyl (C=O) groups excluding carboxylic acids is 1. The maximum Gasteiger partial charge on any atom is 0.243 e. The molecule has 0 bridgehead atoms. The van der Waals surface area contributed by atoms with Gasteiger partial charge < -0.3 is 29.9 Å². The van der Waals surface area contributed by atoms with Gasteiger partial charge in [0.1, 0.15) is 17.3 Å². The van der Waals surface area contributed by atoms with Gasteiger partial charge in [-0.3, -0.25) is 4.79 Å². The maximum absolute atomic E-state index is 11.6. The predicted octanol–water partition coefficient (Wildman–Crippen LogP) is 3.32. The van der Waals surface area contributed by atoms with Crippen molar-refractivity contribution in [1.82, 2.24) is 20.2 Å². The number of ether oxygens (including phenoxy) is 2. The monoisotopic (exact) mass is 512 g/mol. The van der Waals surface area contributed by atoms with E-state index in [0.29, 0.717) is 29.0 Å². The van der Waals surface area contributed by atoms with Gasteiger partial charge in [-0.05, 0) is 36.6 Å². The number of nitrogens with one attached hydrogen (secondary N) is 2. The molecule has 2 aliphatic rings. The molecule has 2 aromatic rings. The Morgan fingerprint density at radius 2 is 2.03 bits per heavy atom. The van der Waals surface area contributed by atoms with Gasteiger partial charge in [-0.15, -0.1) is 0 Å². The zero-order valence-corrected chi connectivity index (χ0v) is 21.8. The Morgan fingerprint density at radius 3 is 2.69 bits per heavy atom. The van der Waals surface area contributed by atoms with Crippen LogP contribution in [0, 0.1) is 0 Å². The van der Waals surface area contributed by atoms with Crippen LogP contribution in [0.4, 0.5) is 11.8 Å². The zero-order chi connectivity index (χ0) is 25.7. The number of hydrogen-bond donors (Lipinski definition) is 2. The molecule has 2 N–H and O–H groups in total. The van der Waals surface area contributed by atoms with Gasteiger partial charge in [0.05, 0.1) is 19.2 Å². The molecule has 0 aliphatic carbocycles. The molecule has 4 rings (SSSR count). The lowest BCUT2D eigenvalue weighted by Crippen LogP contribution is -2.46. The summed E-state index contributed by atoms with van der Waals surface area (Å²) in [6.07, 6.45) is 7.09. The van der Waals surface area contributed by atoms with Crippen LogP contribution in [-0.4, -0.2) is 80.8 Å². The molecule has 1 amide bonds. The number of aromatic nitrogens is 2. The van der Waals surface area contributed by atoms with Crippen LogP contribution in [0.1, 0.15) is 24.0 Å². The summed E-state index contributed by atoms with van der Waals surface area (Å²) in [5, 5.41) is 6.59. The number of carbonyl (C=O) groups is 1. The summed E-state index contributed by atoms with van der Waals surface area (Å²) in [6.45, 7) is 7.69. The minimum Gasteiger partial charge on any atom is -0.497 e. The Balaban J connectivity index is 1.54. The average Bonchev–Trinajstić information content (AvgIpc) is 2.92. The molecule has 1 saturated heterocycles. The second-order valence-electron chi connectivity index (χ2n) is 8.83. The van der Waals surface area contributed by atoms with Crippen molar-refractivity contribution in [3.05, 3.63) is 47.1 Å². The van der Waals surface area contributed by atoms with Gasteiger partial charge in [0, 0.05) is 69.2 Å². The highest BCUT2D eigenvalue weighted by molar-refractivity contribution is 6.34. The van der Waals surface area contributed by atoms with E-state index in [1.165, 1.54) is 6.08 Å². The van der Waals surface area contributed by atoms with Crippen LogP contribution < -0.4 is 25.0 Å². The van der Waals surface area contributed by atoms with E-state index in [-0.39, 0.29) is 11.9 Å². The second-order valence-corrected chi connectivity index (χ2v) is 9.21. The minimum absolute atomic E-state index is 0.106. The standard InChI is InChI=1S/C26H33ClN6O3/c1-5-23(34)30-19-6-8-32(9-7-19)10-11-33-16-18(12-17-15-29-26(28-2)31-25(17)33)21-13-20(35-3)14-22(36-4)24(21)27/h5,12-15,19H,1,6-11,16H2,2-4H3,(H,30,34)(H,28,29,31). The fourth-order valence-corrected chi connectivity index (χ4v) is 4.92. The fourth-order valence-electron chi connectivity index (χ4n) is 4.62. The van der Waals surface area contributed by atoms with Crippen molar-refractivity contribution in [1.29, 1.82) is 0 Å². The highest BCUT2D eigenvalue weighted by atomic mass is 35.5. The number of rotatable bonds is 9. The number of benzene rings is 1. The first-order valence-corrected chi connectivity index (χ1v) is 12.4. The van der Waals surface area contributed by atoms with Gasteiger partial charge in [0.15, 0.2) is 0 Å². The van der Waals surface area contributed by atoms with Crippen molar-refractivity contribution < 1.29 is 14.3 Å². The first-order valence-electron chi connectivity index (χ1n) is 12.0. The maximum atomic E-state index is 11.6. The Hall–Kier alpha value is -3.30. The third kappa shape index (κ3) is 5.74. The third-order valence-corrected chi connectivity index (χ3v) is 7.02. The molecule has 0 spiro atoms. The van der Waals surface area contributed by atoms with Crippen molar-refractivity contribution in [3.63, 3.8) is 0 Å². The van der Waals surface area contributed by atoms with E-state index in [0.717, 1.165) is 61.5 Å². The molecule has 1 aromatic heterocycles. The lowest BCUT2D eigenvalue weighted by Gasteiger charge is -2.36. The van der Waals surface area contributed by atoms with Gasteiger partial charge in [-0.1, -0.05) is 18.2 Å². The lowest BCUT2D eigenvalue weighted by atomic mass is 9.98. The van der Waals surface area contributed by atoms with E-state index in [1.807, 2.05) is 19.3 Å². The molecule has 2 aliphatic heterocycles. The number of anilines is 2. The Labute approximate surface area is 217 Å². The van der Waals surface area contributed by atoms with Crippen molar-refractivity contribution >= 4 is 40.9 Å². The molecule has 1 aromatic carbocycles. The minimum atomic E-state index is -0.106. The fraction of sp³-hybridized carbons (Fsp3) is 0.423. The van der Waals surface area contributed by atoms with Gasteiger partial charge >= 0.3 is 0 Å². The van der Waals surface area contributed by atoms with Crippen molar-refractivity contribution in [2.45, 2.75) is 18.9 Å². The number of fused-ring (bicyclic) bond motifs is 1. The lowest BCUT2D eigenvalue weighted by molar-refractivity contribution is -0.117. The molecule has 3 heterocycles. The van der Waals surface area contributed by atoms with E-state index in [2.05, 4.69) is 38.1 Å². The number of likely N-dealkylation sites (tertiary alicyclic amines) is 1. The summed E-state index contributed by atoms with van der Waals surface area (Å²) >= 11 is 6.73. The molecule has 36 heavy (non-hydrogen) atoms. The van der Waals surface area contributed by atoms with Gasteiger partial charge in [-0.25, -0.2) is 4.98 Å². The summed E-state index contributed by atoms with van der Waals surface area (Å²) < 4.78 is 11.0. The molecule has 9 nitrogen and oxygen atoms in total. The summed E-state index contributed by atoms with van der Waals surface area (Å²) in [7, 11) is 5.04. The molecular formula is C26H33ClN6O3. The van der Waals surface area contributed by atoms with E-state index in [9.17, 15) is 4.79 Å². The molecule has 10 heteroatoms.